The molecule has 0 spiro atoms. The number of aliphatic hydroxyl groups is 1. The summed E-state index contributed by atoms with van der Waals surface area (Å²) < 4.78 is 0. The van der Waals surface area contributed by atoms with Gasteiger partial charge in [-0.05, 0) is 42.9 Å². The predicted octanol–water partition coefficient (Wildman–Crippen LogP) is 3.87. The molecule has 0 unspecified atom stereocenters. The highest BCUT2D eigenvalue weighted by Gasteiger charge is 2.17. The molecule has 0 saturated carbocycles. The Labute approximate surface area is 141 Å². The van der Waals surface area contributed by atoms with Crippen molar-refractivity contribution in [3.63, 3.8) is 0 Å². The number of aryl methyl sites for hydroxylation is 2. The normalized spacial score (nSPS) is 16.0. The van der Waals surface area contributed by atoms with Crippen LogP contribution in [0.25, 0.3) is 0 Å². The van der Waals surface area contributed by atoms with Crippen LogP contribution >= 0.6 is 11.3 Å². The fourth-order valence-electron chi connectivity index (χ4n) is 3.03. The van der Waals surface area contributed by atoms with Gasteiger partial charge in [0, 0.05) is 11.4 Å². The van der Waals surface area contributed by atoms with Crippen molar-refractivity contribution >= 4 is 17.2 Å². The Morgan fingerprint density at radius 3 is 2.65 bits per heavy atom. The number of hydrogen-bond acceptors (Lipinski definition) is 3. The van der Waals surface area contributed by atoms with Gasteiger partial charge in [0.25, 0.3) is 5.91 Å². The summed E-state index contributed by atoms with van der Waals surface area (Å²) in [6, 6.07) is 11.5. The molecular weight excluding hydrogens is 306 g/mol. The van der Waals surface area contributed by atoms with Crippen molar-refractivity contribution in [2.24, 2.45) is 0 Å². The molecule has 1 aliphatic carbocycles. The fraction of sp³-hybridized carbons (Fsp3) is 0.421. The van der Waals surface area contributed by atoms with E-state index >= 15 is 0 Å². The van der Waals surface area contributed by atoms with E-state index in [1.165, 1.54) is 36.1 Å². The van der Waals surface area contributed by atoms with Crippen molar-refractivity contribution < 1.29 is 9.90 Å². The number of nitrogens with one attached hydrogen (secondary N) is 1. The van der Waals surface area contributed by atoms with Crippen molar-refractivity contribution in [3.05, 3.63) is 57.3 Å². The average molecular weight is 329 g/mol. The molecule has 0 radical (unpaired) electrons. The second-order valence-corrected chi connectivity index (χ2v) is 7.25. The first-order valence-corrected chi connectivity index (χ1v) is 9.18. The summed E-state index contributed by atoms with van der Waals surface area (Å²) in [6.45, 7) is 0.241. The topological polar surface area (TPSA) is 49.3 Å². The molecule has 0 bridgehead atoms. The number of thiophene rings is 1. The molecule has 2 N–H and O–H groups in total. The van der Waals surface area contributed by atoms with E-state index in [2.05, 4.69) is 11.4 Å². The molecule has 1 heterocycles. The summed E-state index contributed by atoms with van der Waals surface area (Å²) >= 11 is 1.62. The molecule has 2 aromatic rings. The van der Waals surface area contributed by atoms with Crippen molar-refractivity contribution in [1.29, 1.82) is 0 Å². The number of hydrogen-bond donors (Lipinski definition) is 2. The Kier molecular flexibility index (Phi) is 5.47. The first-order chi connectivity index (χ1) is 11.2. The van der Waals surface area contributed by atoms with Gasteiger partial charge < -0.3 is 10.4 Å². The highest BCUT2D eigenvalue weighted by atomic mass is 32.1. The maximum atomic E-state index is 12.4. The highest BCUT2D eigenvalue weighted by molar-refractivity contribution is 7.14. The third-order valence-corrected chi connectivity index (χ3v) is 5.60. The zero-order chi connectivity index (χ0) is 16.1. The average Bonchev–Trinajstić information content (AvgIpc) is 2.95. The van der Waals surface area contributed by atoms with Crippen LogP contribution in [0.15, 0.2) is 36.4 Å². The molecule has 0 saturated heterocycles. The second-order valence-electron chi connectivity index (χ2n) is 6.11. The van der Waals surface area contributed by atoms with Crippen LogP contribution in [0.4, 0.5) is 0 Å². The molecule has 1 aromatic heterocycles. The summed E-state index contributed by atoms with van der Waals surface area (Å²) in [5, 5.41) is 13.0. The lowest BCUT2D eigenvalue weighted by molar-refractivity contribution is 0.0920. The van der Waals surface area contributed by atoms with E-state index < -0.39 is 6.10 Å². The quantitative estimate of drug-likeness (QED) is 0.894. The first-order valence-electron chi connectivity index (χ1n) is 8.37. The lowest BCUT2D eigenvalue weighted by Crippen LogP contribution is -2.27. The molecule has 1 aliphatic rings. The first kappa shape index (κ1) is 16.2. The Bertz CT molecular complexity index is 625. The van der Waals surface area contributed by atoms with E-state index in [1.54, 1.807) is 11.3 Å². The van der Waals surface area contributed by atoms with E-state index in [4.69, 9.17) is 0 Å². The van der Waals surface area contributed by atoms with Crippen molar-refractivity contribution in [2.45, 2.75) is 44.6 Å². The molecule has 3 rings (SSSR count). The van der Waals surface area contributed by atoms with Gasteiger partial charge in [-0.1, -0.05) is 43.2 Å². The standard InChI is InChI=1S/C19H23NO2S/c21-16(14-8-5-3-6-9-14)13-20-19(22)18-12-15-10-4-1-2-7-11-17(15)23-18/h3,5-6,8-9,12,16,21H,1-2,4,7,10-11,13H2,(H,20,22)/t16-/m1/s1. The Morgan fingerprint density at radius 2 is 1.87 bits per heavy atom. The lowest BCUT2D eigenvalue weighted by Gasteiger charge is -2.11. The Morgan fingerprint density at radius 1 is 1.13 bits per heavy atom. The third kappa shape index (κ3) is 4.21. The maximum Gasteiger partial charge on any atom is 0.261 e. The van der Waals surface area contributed by atoms with Crippen LogP contribution in [0.1, 0.15) is 57.5 Å². The van der Waals surface area contributed by atoms with Crippen molar-refractivity contribution in [3.8, 4) is 0 Å². The van der Waals surface area contributed by atoms with Crippen LogP contribution in [0.5, 0.6) is 0 Å². The third-order valence-electron chi connectivity index (χ3n) is 4.36. The van der Waals surface area contributed by atoms with Gasteiger partial charge in [-0.2, -0.15) is 0 Å². The summed E-state index contributed by atoms with van der Waals surface area (Å²) in [5.74, 6) is -0.0725. The molecule has 23 heavy (non-hydrogen) atoms. The summed E-state index contributed by atoms with van der Waals surface area (Å²) in [4.78, 5) is 14.5. The van der Waals surface area contributed by atoms with Crippen LogP contribution in [0.2, 0.25) is 0 Å². The number of amides is 1. The zero-order valence-corrected chi connectivity index (χ0v) is 14.1. The number of carbonyl (C=O) groups excluding carboxylic acids is 1. The minimum absolute atomic E-state index is 0.0725. The molecule has 0 fully saturated rings. The van der Waals surface area contributed by atoms with E-state index in [1.807, 2.05) is 30.3 Å². The van der Waals surface area contributed by atoms with Gasteiger partial charge >= 0.3 is 0 Å². The molecular formula is C19H23NO2S. The van der Waals surface area contributed by atoms with E-state index in [9.17, 15) is 9.90 Å². The molecule has 1 amide bonds. The molecule has 3 nitrogen and oxygen atoms in total. The van der Waals surface area contributed by atoms with Crippen LogP contribution in [-0.4, -0.2) is 17.6 Å². The van der Waals surface area contributed by atoms with Crippen LogP contribution < -0.4 is 5.32 Å². The van der Waals surface area contributed by atoms with Gasteiger partial charge in [0.05, 0.1) is 11.0 Å². The van der Waals surface area contributed by atoms with Gasteiger partial charge in [-0.15, -0.1) is 11.3 Å². The van der Waals surface area contributed by atoms with Gasteiger partial charge in [0.2, 0.25) is 0 Å². The van der Waals surface area contributed by atoms with Crippen molar-refractivity contribution in [2.75, 3.05) is 6.54 Å². The van der Waals surface area contributed by atoms with Crippen LogP contribution in [0, 0.1) is 0 Å². The number of rotatable bonds is 4. The minimum atomic E-state index is -0.666. The molecule has 1 aromatic carbocycles. The van der Waals surface area contributed by atoms with E-state index in [-0.39, 0.29) is 12.5 Å². The lowest BCUT2D eigenvalue weighted by atomic mass is 10.00. The van der Waals surface area contributed by atoms with Crippen LogP contribution in [-0.2, 0) is 12.8 Å². The zero-order valence-electron chi connectivity index (χ0n) is 13.3. The largest absolute Gasteiger partial charge is 0.387 e. The fourth-order valence-corrected chi connectivity index (χ4v) is 4.20. The summed E-state index contributed by atoms with van der Waals surface area (Å²) in [7, 11) is 0. The van der Waals surface area contributed by atoms with Gasteiger partial charge in [-0.3, -0.25) is 4.79 Å². The molecule has 0 aliphatic heterocycles. The molecule has 122 valence electrons. The van der Waals surface area contributed by atoms with Gasteiger partial charge in [0.1, 0.15) is 0 Å². The smallest absolute Gasteiger partial charge is 0.261 e. The van der Waals surface area contributed by atoms with E-state index in [0.29, 0.717) is 0 Å². The number of carbonyl (C=O) groups is 1. The minimum Gasteiger partial charge on any atom is -0.387 e. The monoisotopic (exact) mass is 329 g/mol. The predicted molar refractivity (Wildman–Crippen MR) is 93.9 cm³/mol. The van der Waals surface area contributed by atoms with E-state index in [0.717, 1.165) is 23.3 Å². The van der Waals surface area contributed by atoms with Gasteiger partial charge in [0.15, 0.2) is 0 Å². The Hall–Kier alpha value is -1.65. The number of fused-ring (bicyclic) bond motifs is 1. The second kappa shape index (κ2) is 7.75. The Balaban J connectivity index is 1.61. The summed E-state index contributed by atoms with van der Waals surface area (Å²) in [6.07, 6.45) is 6.55. The molecule has 1 atom stereocenters. The van der Waals surface area contributed by atoms with Crippen LogP contribution in [0.3, 0.4) is 0 Å². The SMILES string of the molecule is O=C(NC[C@@H](O)c1ccccc1)c1cc2c(s1)CCCCCC2. The van der Waals surface area contributed by atoms with Gasteiger partial charge in [-0.25, -0.2) is 0 Å². The number of benzene rings is 1. The maximum absolute atomic E-state index is 12.4. The van der Waals surface area contributed by atoms with Crippen molar-refractivity contribution in [1.82, 2.24) is 5.32 Å². The highest BCUT2D eigenvalue weighted by Crippen LogP contribution is 2.28. The summed E-state index contributed by atoms with van der Waals surface area (Å²) in [5.41, 5.74) is 2.18. The number of aliphatic hydroxyl groups excluding tert-OH is 1. The molecule has 4 heteroatoms.